The van der Waals surface area contributed by atoms with Gasteiger partial charge < -0.3 is 41.3 Å². The Morgan fingerprint density at radius 1 is 1.07 bits per heavy atom. The fourth-order valence-corrected chi connectivity index (χ4v) is 2.89. The summed E-state index contributed by atoms with van der Waals surface area (Å²) < 4.78 is 5.35. The van der Waals surface area contributed by atoms with Gasteiger partial charge in [-0.05, 0) is 19.8 Å². The molecule has 1 aliphatic heterocycles. The van der Waals surface area contributed by atoms with Gasteiger partial charge >= 0.3 is 5.97 Å². The van der Waals surface area contributed by atoms with Gasteiger partial charge in [-0.15, -0.1) is 0 Å². The Hall–Kier alpha value is -1.63. The molecule has 1 heterocycles. The molecule has 0 aromatic carbocycles. The number of hydrogen-bond acceptors (Lipinski definition) is 9. The molecule has 0 spiro atoms. The van der Waals surface area contributed by atoms with Gasteiger partial charge in [0.05, 0.1) is 18.8 Å². The van der Waals surface area contributed by atoms with Crippen molar-refractivity contribution in [3.63, 3.8) is 0 Å². The highest BCUT2D eigenvalue weighted by atomic mass is 16.5. The van der Waals surface area contributed by atoms with Gasteiger partial charge in [0.25, 0.3) is 0 Å². The molecule has 0 aliphatic carbocycles. The van der Waals surface area contributed by atoms with Crippen LogP contribution in [-0.4, -0.2) is 92.4 Å². The van der Waals surface area contributed by atoms with Gasteiger partial charge in [-0.2, -0.15) is 0 Å². The summed E-state index contributed by atoms with van der Waals surface area (Å²) >= 11 is 0. The number of ketones is 1. The molecule has 11 heteroatoms. The average Bonchev–Trinajstić information content (AvgIpc) is 2.64. The summed E-state index contributed by atoms with van der Waals surface area (Å²) in [5.74, 6) is -2.96. The molecule has 1 aliphatic rings. The molecule has 0 saturated carbocycles. The first-order valence-electron chi connectivity index (χ1n) is 9.11. The zero-order valence-corrected chi connectivity index (χ0v) is 15.9. The highest BCUT2D eigenvalue weighted by Gasteiger charge is 2.43. The summed E-state index contributed by atoms with van der Waals surface area (Å²) in [7, 11) is 0. The van der Waals surface area contributed by atoms with E-state index in [0.717, 1.165) is 0 Å². The molecule has 1 fully saturated rings. The number of amides is 1. The first-order valence-corrected chi connectivity index (χ1v) is 9.11. The van der Waals surface area contributed by atoms with E-state index in [1.807, 2.05) is 0 Å². The monoisotopic (exact) mass is 406 g/mol. The molecule has 28 heavy (non-hydrogen) atoms. The van der Waals surface area contributed by atoms with Gasteiger partial charge in [-0.1, -0.05) is 6.92 Å². The number of carbonyl (C=O) groups is 3. The summed E-state index contributed by atoms with van der Waals surface area (Å²) in [5.41, 5.74) is 5.83. The van der Waals surface area contributed by atoms with Gasteiger partial charge in [0.15, 0.2) is 0 Å². The lowest BCUT2D eigenvalue weighted by Gasteiger charge is -2.40. The van der Waals surface area contributed by atoms with Crippen molar-refractivity contribution in [1.82, 2.24) is 5.32 Å². The second-order valence-electron chi connectivity index (χ2n) is 7.19. The molecule has 1 unspecified atom stereocenters. The molecule has 1 amide bonds. The van der Waals surface area contributed by atoms with Crippen molar-refractivity contribution in [3.05, 3.63) is 0 Å². The minimum absolute atomic E-state index is 0.0847. The van der Waals surface area contributed by atoms with Crippen LogP contribution >= 0.6 is 0 Å². The number of ether oxygens (including phenoxy) is 1. The highest BCUT2D eigenvalue weighted by Crippen LogP contribution is 2.24. The van der Waals surface area contributed by atoms with Crippen molar-refractivity contribution in [1.29, 1.82) is 0 Å². The number of aliphatic hydroxyl groups excluding tert-OH is 4. The Balaban J connectivity index is 2.51. The number of carboxylic acid groups (broad SMARTS) is 1. The van der Waals surface area contributed by atoms with Crippen LogP contribution < -0.4 is 11.1 Å². The lowest BCUT2D eigenvalue weighted by Crippen LogP contribution is -2.58. The maximum absolute atomic E-state index is 12.2. The van der Waals surface area contributed by atoms with Crippen LogP contribution in [0.1, 0.15) is 33.1 Å². The van der Waals surface area contributed by atoms with Crippen LogP contribution in [0.25, 0.3) is 0 Å². The number of aliphatic hydroxyl groups is 4. The number of carbonyl (C=O) groups excluding carboxylic acids is 2. The van der Waals surface area contributed by atoms with E-state index >= 15 is 0 Å². The Bertz CT molecular complexity index is 557. The van der Waals surface area contributed by atoms with E-state index in [9.17, 15) is 29.7 Å². The van der Waals surface area contributed by atoms with Gasteiger partial charge in [0.1, 0.15) is 36.2 Å². The third kappa shape index (κ3) is 6.47. The average molecular weight is 406 g/mol. The summed E-state index contributed by atoms with van der Waals surface area (Å²) in [6.45, 7) is 2.24. The van der Waals surface area contributed by atoms with Crippen LogP contribution in [0.3, 0.4) is 0 Å². The van der Waals surface area contributed by atoms with Crippen molar-refractivity contribution in [2.24, 2.45) is 11.7 Å². The third-order valence-electron chi connectivity index (χ3n) is 4.85. The van der Waals surface area contributed by atoms with Crippen molar-refractivity contribution in [2.45, 2.75) is 75.7 Å². The Kier molecular flexibility index (Phi) is 9.40. The lowest BCUT2D eigenvalue weighted by molar-refractivity contribution is -0.230. The number of nitrogens with two attached hydrogens (primary N) is 1. The van der Waals surface area contributed by atoms with Crippen LogP contribution in [0.5, 0.6) is 0 Å². The zero-order valence-electron chi connectivity index (χ0n) is 15.9. The fourth-order valence-electron chi connectivity index (χ4n) is 2.89. The predicted molar refractivity (Wildman–Crippen MR) is 95.0 cm³/mol. The van der Waals surface area contributed by atoms with Gasteiger partial charge in [-0.25, -0.2) is 0 Å². The molecular formula is C17H30N2O9. The Labute approximate surface area is 162 Å². The van der Waals surface area contributed by atoms with E-state index in [0.29, 0.717) is 0 Å². The molecule has 0 aromatic rings. The SMILES string of the molecule is C[C@H](CC(=O)C(N)CC[C@@H]1O[C@H](CO)[C@H](O)[C@H](O)[C@H]1O)C(=O)N[C@@H](C)C(=O)O. The van der Waals surface area contributed by atoms with Crippen LogP contribution in [0.15, 0.2) is 0 Å². The fraction of sp³-hybridized carbons (Fsp3) is 0.824. The second kappa shape index (κ2) is 10.8. The summed E-state index contributed by atoms with van der Waals surface area (Å²) in [4.78, 5) is 34.9. The second-order valence-corrected chi connectivity index (χ2v) is 7.19. The number of nitrogens with one attached hydrogen (secondary N) is 1. The number of Topliss-reactive ketones (excluding diaryl/α,β-unsaturated/α-hetero) is 1. The smallest absolute Gasteiger partial charge is 0.325 e. The largest absolute Gasteiger partial charge is 0.480 e. The molecule has 0 aromatic heterocycles. The van der Waals surface area contributed by atoms with Crippen molar-refractivity contribution in [2.75, 3.05) is 6.61 Å². The van der Waals surface area contributed by atoms with Crippen LogP contribution in [0, 0.1) is 5.92 Å². The first-order chi connectivity index (χ1) is 13.0. The Morgan fingerprint density at radius 3 is 2.18 bits per heavy atom. The molecule has 1 saturated heterocycles. The summed E-state index contributed by atoms with van der Waals surface area (Å²) in [5, 5.41) is 49.7. The van der Waals surface area contributed by atoms with E-state index in [-0.39, 0.29) is 19.3 Å². The van der Waals surface area contributed by atoms with Crippen molar-refractivity contribution < 1.29 is 44.7 Å². The zero-order chi connectivity index (χ0) is 21.6. The standard InChI is InChI=1S/C17H30N2O9/c1-7(16(25)19-8(2)17(26)27)5-10(21)9(18)3-4-11-13(22)15(24)14(23)12(6-20)28-11/h7-9,11-15,20,22-24H,3-6,18H2,1-2H3,(H,19,25)(H,26,27)/t7-,8+,9?,11+,12-,13+,14+,15-/m1/s1. The number of aliphatic carboxylic acids is 1. The molecule has 162 valence electrons. The van der Waals surface area contributed by atoms with Gasteiger partial charge in [0, 0.05) is 12.3 Å². The number of hydrogen-bond donors (Lipinski definition) is 7. The lowest BCUT2D eigenvalue weighted by atomic mass is 9.90. The predicted octanol–water partition coefficient (Wildman–Crippen LogP) is -2.88. The summed E-state index contributed by atoms with van der Waals surface area (Å²) in [6, 6.07) is -2.04. The minimum atomic E-state index is -1.50. The molecule has 0 radical (unpaired) electrons. The maximum atomic E-state index is 12.2. The quantitative estimate of drug-likeness (QED) is 0.198. The highest BCUT2D eigenvalue weighted by molar-refractivity contribution is 5.90. The van der Waals surface area contributed by atoms with Gasteiger partial charge in [0.2, 0.25) is 5.91 Å². The molecular weight excluding hydrogens is 376 g/mol. The van der Waals surface area contributed by atoms with E-state index in [1.54, 1.807) is 0 Å². The topological polar surface area (TPSA) is 200 Å². The normalized spacial score (nSPS) is 30.9. The van der Waals surface area contributed by atoms with Crippen LogP contribution in [0.2, 0.25) is 0 Å². The molecule has 8 atom stereocenters. The number of carboxylic acids is 1. The Morgan fingerprint density at radius 2 is 1.64 bits per heavy atom. The minimum Gasteiger partial charge on any atom is -0.480 e. The van der Waals surface area contributed by atoms with E-state index in [4.69, 9.17) is 20.7 Å². The molecule has 8 N–H and O–H groups in total. The van der Waals surface area contributed by atoms with Crippen molar-refractivity contribution >= 4 is 17.7 Å². The van der Waals surface area contributed by atoms with E-state index < -0.39 is 72.8 Å². The maximum Gasteiger partial charge on any atom is 0.325 e. The van der Waals surface area contributed by atoms with E-state index in [1.165, 1.54) is 13.8 Å². The number of rotatable bonds is 10. The van der Waals surface area contributed by atoms with Gasteiger partial charge in [-0.3, -0.25) is 14.4 Å². The molecule has 11 nitrogen and oxygen atoms in total. The third-order valence-corrected chi connectivity index (χ3v) is 4.85. The molecule has 1 rings (SSSR count). The van der Waals surface area contributed by atoms with Crippen LogP contribution in [0.4, 0.5) is 0 Å². The van der Waals surface area contributed by atoms with Crippen molar-refractivity contribution in [3.8, 4) is 0 Å². The van der Waals surface area contributed by atoms with E-state index in [2.05, 4.69) is 5.32 Å². The van der Waals surface area contributed by atoms with Crippen LogP contribution in [-0.2, 0) is 19.1 Å². The summed E-state index contributed by atoms with van der Waals surface area (Å²) in [6.07, 6.45) is -6.33. The molecule has 0 bridgehead atoms. The first kappa shape index (κ1) is 24.4.